The number of aromatic nitrogens is 1. The second-order valence-corrected chi connectivity index (χ2v) is 5.60. The van der Waals surface area contributed by atoms with Gasteiger partial charge in [0.1, 0.15) is 0 Å². The van der Waals surface area contributed by atoms with Crippen molar-refractivity contribution < 1.29 is 0 Å². The quantitative estimate of drug-likeness (QED) is 0.729. The smallest absolute Gasteiger partial charge is 0.0621 e. The van der Waals surface area contributed by atoms with Gasteiger partial charge in [-0.1, -0.05) is 32.4 Å². The lowest BCUT2D eigenvalue weighted by molar-refractivity contribution is 0.264. The van der Waals surface area contributed by atoms with Gasteiger partial charge in [0.25, 0.3) is 0 Å². The molecule has 3 heteroatoms. The summed E-state index contributed by atoms with van der Waals surface area (Å²) in [5.41, 5.74) is 1.33. The predicted octanol–water partition coefficient (Wildman–Crippen LogP) is 4.18. The van der Waals surface area contributed by atoms with Crippen LogP contribution in [0.4, 0.5) is 0 Å². The number of pyridine rings is 1. The number of alkyl halides is 1. The van der Waals surface area contributed by atoms with E-state index in [4.69, 9.17) is 23.2 Å². The third-order valence-corrected chi connectivity index (χ3v) is 3.45. The molecule has 1 atom stereocenters. The number of hydrogen-bond acceptors (Lipinski definition) is 1. The highest BCUT2D eigenvalue weighted by Gasteiger charge is 2.24. The van der Waals surface area contributed by atoms with Crippen LogP contribution in [0.5, 0.6) is 0 Å². The third kappa shape index (κ3) is 3.66. The lowest BCUT2D eigenvalue weighted by Crippen LogP contribution is -2.24. The normalized spacial score (nSPS) is 13.9. The van der Waals surface area contributed by atoms with Crippen LogP contribution in [0.25, 0.3) is 0 Å². The second-order valence-electron chi connectivity index (χ2n) is 4.89. The Morgan fingerprint density at radius 1 is 1.40 bits per heavy atom. The van der Waals surface area contributed by atoms with Gasteiger partial charge in [-0.25, -0.2) is 0 Å². The van der Waals surface area contributed by atoms with Crippen molar-refractivity contribution in [2.24, 2.45) is 11.3 Å². The zero-order valence-electron chi connectivity index (χ0n) is 9.43. The van der Waals surface area contributed by atoms with Gasteiger partial charge in [0.2, 0.25) is 0 Å². The van der Waals surface area contributed by atoms with Gasteiger partial charge in [-0.3, -0.25) is 4.98 Å². The number of hydrogen-bond donors (Lipinski definition) is 0. The van der Waals surface area contributed by atoms with Crippen molar-refractivity contribution in [2.45, 2.75) is 27.2 Å². The van der Waals surface area contributed by atoms with Gasteiger partial charge in [-0.05, 0) is 29.4 Å². The summed E-state index contributed by atoms with van der Waals surface area (Å²) in [4.78, 5) is 3.98. The highest BCUT2D eigenvalue weighted by molar-refractivity contribution is 6.31. The Morgan fingerprint density at radius 2 is 2.07 bits per heavy atom. The molecule has 0 saturated heterocycles. The maximum atomic E-state index is 6.07. The zero-order valence-corrected chi connectivity index (χ0v) is 10.9. The van der Waals surface area contributed by atoms with Crippen LogP contribution in [-0.4, -0.2) is 10.9 Å². The first-order chi connectivity index (χ1) is 6.95. The number of nitrogens with zero attached hydrogens (tertiary/aromatic N) is 1. The van der Waals surface area contributed by atoms with Crippen LogP contribution >= 0.6 is 23.2 Å². The molecule has 1 heterocycles. The van der Waals surface area contributed by atoms with E-state index in [1.807, 2.05) is 6.07 Å². The van der Waals surface area contributed by atoms with Crippen LogP contribution in [-0.2, 0) is 6.42 Å². The average Bonchev–Trinajstić information content (AvgIpc) is 2.14. The van der Waals surface area contributed by atoms with E-state index in [-0.39, 0.29) is 5.41 Å². The van der Waals surface area contributed by atoms with Gasteiger partial charge in [0, 0.05) is 18.3 Å². The van der Waals surface area contributed by atoms with Crippen molar-refractivity contribution in [3.8, 4) is 0 Å². The molecule has 15 heavy (non-hydrogen) atoms. The van der Waals surface area contributed by atoms with Crippen LogP contribution in [0, 0.1) is 11.3 Å². The fourth-order valence-electron chi connectivity index (χ4n) is 1.43. The molecular weight excluding hydrogens is 229 g/mol. The molecule has 0 aliphatic rings. The Bertz CT molecular complexity index is 318. The summed E-state index contributed by atoms with van der Waals surface area (Å²) in [5, 5.41) is 0.733. The fraction of sp³-hybridized carbons (Fsp3) is 0.583. The van der Waals surface area contributed by atoms with Crippen LogP contribution in [0.2, 0.25) is 5.02 Å². The largest absolute Gasteiger partial charge is 0.263 e. The van der Waals surface area contributed by atoms with Crippen molar-refractivity contribution >= 4 is 23.2 Å². The van der Waals surface area contributed by atoms with E-state index < -0.39 is 0 Å². The summed E-state index contributed by atoms with van der Waals surface area (Å²) in [6, 6.07) is 1.97. The van der Waals surface area contributed by atoms with Gasteiger partial charge in [0.05, 0.1) is 5.02 Å². The predicted molar refractivity (Wildman–Crippen MR) is 66.6 cm³/mol. The van der Waals surface area contributed by atoms with Gasteiger partial charge < -0.3 is 0 Å². The molecule has 0 N–H and O–H groups in total. The molecule has 1 unspecified atom stereocenters. The maximum Gasteiger partial charge on any atom is 0.0621 e. The minimum Gasteiger partial charge on any atom is -0.263 e. The van der Waals surface area contributed by atoms with Crippen molar-refractivity contribution in [1.29, 1.82) is 0 Å². The molecule has 0 aliphatic carbocycles. The lowest BCUT2D eigenvalue weighted by atomic mass is 9.78. The zero-order chi connectivity index (χ0) is 11.5. The summed E-state index contributed by atoms with van der Waals surface area (Å²) in [7, 11) is 0. The molecule has 84 valence electrons. The molecule has 0 saturated carbocycles. The summed E-state index contributed by atoms with van der Waals surface area (Å²) in [6.07, 6.45) is 4.37. The van der Waals surface area contributed by atoms with E-state index in [1.54, 1.807) is 12.4 Å². The van der Waals surface area contributed by atoms with Crippen molar-refractivity contribution in [2.75, 3.05) is 5.88 Å². The molecule has 1 nitrogen and oxygen atoms in total. The van der Waals surface area contributed by atoms with Crippen LogP contribution in [0.3, 0.4) is 0 Å². The Balaban J connectivity index is 2.80. The van der Waals surface area contributed by atoms with E-state index in [0.717, 1.165) is 17.0 Å². The monoisotopic (exact) mass is 245 g/mol. The Hall–Kier alpha value is -0.270. The molecule has 1 aromatic heterocycles. The van der Waals surface area contributed by atoms with Crippen molar-refractivity contribution in [1.82, 2.24) is 4.98 Å². The molecule has 0 radical (unpaired) electrons. The van der Waals surface area contributed by atoms with Gasteiger partial charge in [-0.15, -0.1) is 11.6 Å². The van der Waals surface area contributed by atoms with E-state index in [9.17, 15) is 0 Å². The number of rotatable bonds is 3. The molecule has 0 amide bonds. The summed E-state index contributed by atoms with van der Waals surface area (Å²) >= 11 is 12.1. The van der Waals surface area contributed by atoms with Crippen molar-refractivity contribution in [3.63, 3.8) is 0 Å². The minimum atomic E-state index is 0.203. The summed E-state index contributed by atoms with van der Waals surface area (Å²) in [6.45, 7) is 6.61. The van der Waals surface area contributed by atoms with Gasteiger partial charge in [0.15, 0.2) is 0 Å². The standard InChI is InChI=1S/C12H17Cl2N/c1-12(2,3)10(7-13)6-9-4-5-15-8-11(9)14/h4-5,8,10H,6-7H2,1-3H3. The van der Waals surface area contributed by atoms with E-state index >= 15 is 0 Å². The Morgan fingerprint density at radius 3 is 2.53 bits per heavy atom. The molecule has 0 aromatic carbocycles. The van der Waals surface area contributed by atoms with E-state index in [2.05, 4.69) is 25.8 Å². The SMILES string of the molecule is CC(C)(C)C(CCl)Cc1ccncc1Cl. The Kier molecular flexibility index (Phi) is 4.42. The van der Waals surface area contributed by atoms with Crippen LogP contribution < -0.4 is 0 Å². The minimum absolute atomic E-state index is 0.203. The lowest BCUT2D eigenvalue weighted by Gasteiger charge is -2.29. The van der Waals surface area contributed by atoms with Crippen LogP contribution in [0.1, 0.15) is 26.3 Å². The maximum absolute atomic E-state index is 6.07. The first-order valence-corrected chi connectivity index (χ1v) is 6.00. The van der Waals surface area contributed by atoms with Gasteiger partial charge in [-0.2, -0.15) is 0 Å². The summed E-state index contributed by atoms with van der Waals surface area (Å²) < 4.78 is 0. The highest BCUT2D eigenvalue weighted by Crippen LogP contribution is 2.31. The molecule has 0 aliphatic heterocycles. The first kappa shape index (κ1) is 12.8. The number of halogens is 2. The van der Waals surface area contributed by atoms with Gasteiger partial charge >= 0.3 is 0 Å². The molecule has 1 aromatic rings. The molecule has 1 rings (SSSR count). The van der Waals surface area contributed by atoms with Crippen LogP contribution in [0.15, 0.2) is 18.5 Å². The third-order valence-electron chi connectivity index (χ3n) is 2.73. The fourth-order valence-corrected chi connectivity index (χ4v) is 2.20. The second kappa shape index (κ2) is 5.18. The molecule has 0 spiro atoms. The van der Waals surface area contributed by atoms with Crippen molar-refractivity contribution in [3.05, 3.63) is 29.0 Å². The average molecular weight is 246 g/mol. The Labute approximate surface area is 102 Å². The molecule has 0 fully saturated rings. The topological polar surface area (TPSA) is 12.9 Å². The molecular formula is C12H17Cl2N. The van der Waals surface area contributed by atoms with E-state index in [1.165, 1.54) is 0 Å². The summed E-state index contributed by atoms with van der Waals surface area (Å²) in [5.74, 6) is 1.08. The van der Waals surface area contributed by atoms with E-state index in [0.29, 0.717) is 11.8 Å². The first-order valence-electron chi connectivity index (χ1n) is 5.09. The highest BCUT2D eigenvalue weighted by atomic mass is 35.5. The molecule has 0 bridgehead atoms.